The molecule has 11 nitrogen and oxygen atoms in total. The molecule has 2 aromatic heterocycles. The zero-order chi connectivity index (χ0) is 21.7. The fraction of sp³-hybridized carbons (Fsp3) is 0.0556. The lowest BCUT2D eigenvalue weighted by Gasteiger charge is -2.28. The van der Waals surface area contributed by atoms with Gasteiger partial charge in [-0.25, -0.2) is 5.10 Å². The number of hydrogen-bond acceptors (Lipinski definition) is 8. The summed E-state index contributed by atoms with van der Waals surface area (Å²) in [5.41, 5.74) is 1.25. The molecule has 5 rings (SSSR count). The van der Waals surface area contributed by atoms with Gasteiger partial charge in [-0.2, -0.15) is 9.78 Å². The van der Waals surface area contributed by atoms with E-state index in [1.165, 1.54) is 22.9 Å². The maximum atomic E-state index is 12.6. The molecule has 4 aromatic rings. The third-order valence-corrected chi connectivity index (χ3v) is 5.42. The number of H-pyrrole nitrogens is 1. The molecule has 1 aliphatic rings. The number of tetrazole rings is 1. The number of aromatic nitrogens is 6. The van der Waals surface area contributed by atoms with Gasteiger partial charge in [0.1, 0.15) is 11.7 Å². The Morgan fingerprint density at radius 3 is 2.77 bits per heavy atom. The minimum absolute atomic E-state index is 0.118. The average molecular weight is 457 g/mol. The molecule has 0 bridgehead atoms. The Morgan fingerprint density at radius 2 is 2.00 bits per heavy atom. The van der Waals surface area contributed by atoms with Crippen LogP contribution in [0.3, 0.4) is 0 Å². The summed E-state index contributed by atoms with van der Waals surface area (Å²) < 4.78 is 1.46. The Kier molecular flexibility index (Phi) is 4.41. The van der Waals surface area contributed by atoms with Crippen LogP contribution in [-0.4, -0.2) is 35.3 Å². The van der Waals surface area contributed by atoms with Gasteiger partial charge in [0.15, 0.2) is 0 Å². The number of anilines is 2. The van der Waals surface area contributed by atoms with Gasteiger partial charge >= 0.3 is 0 Å². The Labute approximate surface area is 182 Å². The third kappa shape index (κ3) is 3.10. The van der Waals surface area contributed by atoms with Gasteiger partial charge in [-0.1, -0.05) is 46.5 Å². The highest BCUT2D eigenvalue weighted by Crippen LogP contribution is 2.43. The Balaban J connectivity index is 1.83. The first-order valence-electron chi connectivity index (χ1n) is 8.81. The van der Waals surface area contributed by atoms with Crippen LogP contribution in [0.2, 0.25) is 10.0 Å². The molecule has 1 aliphatic heterocycles. The van der Waals surface area contributed by atoms with Crippen LogP contribution in [0.15, 0.2) is 47.3 Å². The van der Waals surface area contributed by atoms with Gasteiger partial charge in [-0.05, 0) is 22.6 Å². The van der Waals surface area contributed by atoms with Crippen LogP contribution < -0.4 is 10.9 Å². The fourth-order valence-electron chi connectivity index (χ4n) is 3.54. The summed E-state index contributed by atoms with van der Waals surface area (Å²) in [5, 5.41) is 33.2. The minimum atomic E-state index is -0.741. The summed E-state index contributed by atoms with van der Waals surface area (Å²) in [4.78, 5) is 23.4. The SMILES string of the molecule is O=c1[nH]nc(-c2cccc([N+](=O)[O-])c2)c2c1Nc1nnnn1[C@@H]2c1ccc(Cl)cc1Cl. The molecule has 0 amide bonds. The molecule has 13 heteroatoms. The van der Waals surface area contributed by atoms with E-state index in [2.05, 4.69) is 31.0 Å². The molecule has 3 heterocycles. The average Bonchev–Trinajstić information content (AvgIpc) is 3.22. The molecule has 0 spiro atoms. The van der Waals surface area contributed by atoms with Crippen molar-refractivity contribution >= 4 is 40.5 Å². The number of aromatic amines is 1. The van der Waals surface area contributed by atoms with Gasteiger partial charge in [0, 0.05) is 38.9 Å². The van der Waals surface area contributed by atoms with E-state index < -0.39 is 16.5 Å². The number of nitrogens with one attached hydrogen (secondary N) is 2. The summed E-state index contributed by atoms with van der Waals surface area (Å²) in [7, 11) is 0. The molecular weight excluding hydrogens is 447 g/mol. The summed E-state index contributed by atoms with van der Waals surface area (Å²) in [6, 6.07) is 10.1. The molecule has 0 saturated carbocycles. The highest BCUT2D eigenvalue weighted by Gasteiger charge is 2.35. The van der Waals surface area contributed by atoms with Gasteiger partial charge in [0.2, 0.25) is 5.95 Å². The van der Waals surface area contributed by atoms with Crippen LogP contribution in [0.4, 0.5) is 17.3 Å². The van der Waals surface area contributed by atoms with E-state index in [1.54, 1.807) is 24.3 Å². The van der Waals surface area contributed by atoms with Crippen molar-refractivity contribution in [2.24, 2.45) is 0 Å². The smallest absolute Gasteiger partial charge is 0.288 e. The van der Waals surface area contributed by atoms with E-state index in [-0.39, 0.29) is 17.3 Å². The van der Waals surface area contributed by atoms with E-state index in [1.807, 2.05) is 0 Å². The molecule has 0 radical (unpaired) electrons. The van der Waals surface area contributed by atoms with E-state index in [0.717, 1.165) is 0 Å². The Hall–Kier alpha value is -3.83. The maximum absolute atomic E-state index is 12.6. The van der Waals surface area contributed by atoms with Gasteiger partial charge < -0.3 is 5.32 Å². The zero-order valence-corrected chi connectivity index (χ0v) is 16.8. The van der Waals surface area contributed by atoms with Crippen molar-refractivity contribution in [3.05, 3.63) is 84.1 Å². The summed E-state index contributed by atoms with van der Waals surface area (Å²) >= 11 is 12.5. The summed E-state index contributed by atoms with van der Waals surface area (Å²) in [6.45, 7) is 0. The van der Waals surface area contributed by atoms with Crippen molar-refractivity contribution in [3.63, 3.8) is 0 Å². The highest BCUT2D eigenvalue weighted by molar-refractivity contribution is 6.35. The second-order valence-corrected chi connectivity index (χ2v) is 7.48. The van der Waals surface area contributed by atoms with Crippen molar-refractivity contribution in [1.82, 2.24) is 30.4 Å². The molecule has 154 valence electrons. The lowest BCUT2D eigenvalue weighted by Crippen LogP contribution is -2.29. The van der Waals surface area contributed by atoms with E-state index >= 15 is 0 Å². The number of nitro groups is 1. The number of hydrogen-bond donors (Lipinski definition) is 2. The van der Waals surface area contributed by atoms with Gasteiger partial charge in [-0.15, -0.1) is 0 Å². The molecule has 2 N–H and O–H groups in total. The van der Waals surface area contributed by atoms with Gasteiger partial charge in [0.05, 0.1) is 10.6 Å². The van der Waals surface area contributed by atoms with Crippen LogP contribution in [0, 0.1) is 10.1 Å². The number of fused-ring (bicyclic) bond motifs is 2. The number of benzene rings is 2. The second kappa shape index (κ2) is 7.15. The quantitative estimate of drug-likeness (QED) is 0.310. The third-order valence-electron chi connectivity index (χ3n) is 4.86. The lowest BCUT2D eigenvalue weighted by atomic mass is 9.92. The van der Waals surface area contributed by atoms with Crippen LogP contribution in [-0.2, 0) is 0 Å². The highest BCUT2D eigenvalue weighted by atomic mass is 35.5. The Bertz CT molecular complexity index is 1420. The minimum Gasteiger partial charge on any atom is -0.318 e. The standard InChI is InChI=1S/C18H10Cl2N8O3/c19-9-4-5-11(12(20)7-9)16-13-14(8-2-1-3-10(6-8)28(30)31)22-23-17(29)15(13)21-18-24-25-26-27(16)18/h1-7,16H,(H,23,29)(H,21,24,26)/t16-/m1/s1. The van der Waals surface area contributed by atoms with Crippen molar-refractivity contribution in [2.45, 2.75) is 6.04 Å². The van der Waals surface area contributed by atoms with Crippen LogP contribution in [0.25, 0.3) is 11.3 Å². The number of nitrogens with zero attached hydrogens (tertiary/aromatic N) is 6. The van der Waals surface area contributed by atoms with E-state index in [0.29, 0.717) is 32.4 Å². The van der Waals surface area contributed by atoms with Crippen molar-refractivity contribution in [1.29, 1.82) is 0 Å². The van der Waals surface area contributed by atoms with E-state index in [9.17, 15) is 14.9 Å². The first-order valence-corrected chi connectivity index (χ1v) is 9.57. The zero-order valence-electron chi connectivity index (χ0n) is 15.3. The predicted molar refractivity (Wildman–Crippen MR) is 112 cm³/mol. The first kappa shape index (κ1) is 19.2. The van der Waals surface area contributed by atoms with Crippen molar-refractivity contribution in [2.75, 3.05) is 5.32 Å². The lowest BCUT2D eigenvalue weighted by molar-refractivity contribution is -0.384. The number of rotatable bonds is 3. The topological polar surface area (TPSA) is 145 Å². The summed E-state index contributed by atoms with van der Waals surface area (Å²) in [5.74, 6) is 0.227. The molecular formula is C18H10Cl2N8O3. The number of non-ortho nitro benzene ring substituents is 1. The Morgan fingerprint density at radius 1 is 1.16 bits per heavy atom. The van der Waals surface area contributed by atoms with Crippen LogP contribution >= 0.6 is 23.2 Å². The van der Waals surface area contributed by atoms with Crippen molar-refractivity contribution < 1.29 is 4.92 Å². The van der Waals surface area contributed by atoms with Crippen LogP contribution in [0.5, 0.6) is 0 Å². The fourth-order valence-corrected chi connectivity index (χ4v) is 4.05. The predicted octanol–water partition coefficient (Wildman–Crippen LogP) is 3.33. The molecule has 1 atom stereocenters. The molecule has 0 unspecified atom stereocenters. The van der Waals surface area contributed by atoms with Gasteiger partial charge in [-0.3, -0.25) is 14.9 Å². The van der Waals surface area contributed by atoms with E-state index in [4.69, 9.17) is 23.2 Å². The first-order chi connectivity index (χ1) is 14.9. The molecule has 31 heavy (non-hydrogen) atoms. The van der Waals surface area contributed by atoms with Crippen molar-refractivity contribution in [3.8, 4) is 11.3 Å². The second-order valence-electron chi connectivity index (χ2n) is 6.64. The van der Waals surface area contributed by atoms with Gasteiger partial charge in [0.25, 0.3) is 11.2 Å². The van der Waals surface area contributed by atoms with Crippen LogP contribution in [0.1, 0.15) is 17.2 Å². The summed E-state index contributed by atoms with van der Waals surface area (Å²) in [6.07, 6.45) is 0. The number of halogens is 2. The molecule has 2 aromatic carbocycles. The number of nitro benzene ring substituents is 1. The maximum Gasteiger partial charge on any atom is 0.288 e. The molecule has 0 saturated heterocycles. The molecule has 0 aliphatic carbocycles. The largest absolute Gasteiger partial charge is 0.318 e. The monoisotopic (exact) mass is 456 g/mol. The molecule has 0 fully saturated rings. The normalized spacial score (nSPS) is 14.5.